The number of thiazole rings is 1. The summed E-state index contributed by atoms with van der Waals surface area (Å²) in [6.45, 7) is 9.13. The van der Waals surface area contributed by atoms with E-state index < -0.39 is 11.6 Å². The highest BCUT2D eigenvalue weighted by Gasteiger charge is 2.26. The van der Waals surface area contributed by atoms with Crippen molar-refractivity contribution in [2.45, 2.75) is 19.9 Å². The minimum atomic E-state index is -0.635. The van der Waals surface area contributed by atoms with E-state index in [0.717, 1.165) is 42.6 Å². The fraction of sp³-hybridized carbons (Fsp3) is 0.370. The number of nitrogens with zero attached hydrogens (tertiary/aromatic N) is 6. The summed E-state index contributed by atoms with van der Waals surface area (Å²) in [5.41, 5.74) is 2.97. The molecule has 1 fully saturated rings. The number of fused-ring (bicyclic) bond motifs is 2. The molecule has 1 saturated heterocycles. The molecule has 2 aromatic carbocycles. The second kappa shape index (κ2) is 9.95. The second-order valence-corrected chi connectivity index (χ2v) is 10.9. The van der Waals surface area contributed by atoms with E-state index in [1.165, 1.54) is 23.1 Å². The maximum atomic E-state index is 15.0. The number of nitrogens with one attached hydrogen (secondary N) is 1. The zero-order valence-electron chi connectivity index (χ0n) is 21.5. The number of benzene rings is 2. The zero-order valence-corrected chi connectivity index (χ0v) is 22.4. The lowest BCUT2D eigenvalue weighted by Crippen LogP contribution is -2.44. The van der Waals surface area contributed by atoms with Crippen LogP contribution in [0.15, 0.2) is 36.5 Å². The predicted molar refractivity (Wildman–Crippen MR) is 148 cm³/mol. The van der Waals surface area contributed by atoms with E-state index in [1.54, 1.807) is 6.07 Å². The van der Waals surface area contributed by atoms with Crippen molar-refractivity contribution in [2.75, 3.05) is 61.5 Å². The maximum Gasteiger partial charge on any atom is 0.229 e. The van der Waals surface area contributed by atoms with E-state index in [-0.39, 0.29) is 23.4 Å². The number of piperazine rings is 1. The Kier molecular flexibility index (Phi) is 6.48. The van der Waals surface area contributed by atoms with Gasteiger partial charge in [0.1, 0.15) is 12.3 Å². The number of anilines is 4. The highest BCUT2D eigenvalue weighted by atomic mass is 32.1. The van der Waals surface area contributed by atoms with E-state index in [4.69, 9.17) is 4.74 Å². The fourth-order valence-electron chi connectivity index (χ4n) is 4.93. The number of ether oxygens (including phenoxy) is 1. The summed E-state index contributed by atoms with van der Waals surface area (Å²) in [7, 11) is 2.14. The quantitative estimate of drug-likeness (QED) is 0.376. The lowest BCUT2D eigenvalue weighted by Gasteiger charge is -2.34. The predicted octanol–water partition coefficient (Wildman–Crippen LogP) is 5.13. The van der Waals surface area contributed by atoms with E-state index in [1.807, 2.05) is 24.8 Å². The topological polar surface area (TPSA) is 69.7 Å². The normalized spacial score (nSPS) is 16.2. The molecule has 0 atom stereocenters. The van der Waals surface area contributed by atoms with Crippen molar-refractivity contribution < 1.29 is 13.5 Å². The summed E-state index contributed by atoms with van der Waals surface area (Å²) >= 11 is 1.48. The Labute approximate surface area is 223 Å². The Morgan fingerprint density at radius 3 is 2.61 bits per heavy atom. The number of hydrogen-bond acceptors (Lipinski definition) is 9. The second-order valence-electron chi connectivity index (χ2n) is 9.92. The first-order chi connectivity index (χ1) is 18.4. The molecular weight excluding hydrogens is 508 g/mol. The molecule has 0 unspecified atom stereocenters. The minimum Gasteiger partial charge on any atom is -0.486 e. The fourth-order valence-corrected chi connectivity index (χ4v) is 5.82. The molecule has 0 aliphatic carbocycles. The average molecular weight is 538 g/mol. The van der Waals surface area contributed by atoms with Crippen LogP contribution in [0.3, 0.4) is 0 Å². The van der Waals surface area contributed by atoms with Gasteiger partial charge in [-0.15, -0.1) is 0 Å². The van der Waals surface area contributed by atoms with E-state index in [2.05, 4.69) is 49.2 Å². The van der Waals surface area contributed by atoms with Crippen molar-refractivity contribution in [1.29, 1.82) is 0 Å². The molecule has 4 aromatic rings. The molecule has 0 bridgehead atoms. The molecule has 2 aliphatic heterocycles. The van der Waals surface area contributed by atoms with Gasteiger partial charge in [-0.1, -0.05) is 11.3 Å². The Balaban J connectivity index is 1.28. The Morgan fingerprint density at radius 2 is 1.82 bits per heavy atom. The van der Waals surface area contributed by atoms with Crippen molar-refractivity contribution in [2.24, 2.45) is 0 Å². The molecule has 2 aromatic heterocycles. The lowest BCUT2D eigenvalue weighted by molar-refractivity contribution is 0.287. The van der Waals surface area contributed by atoms with Gasteiger partial charge in [-0.25, -0.2) is 23.7 Å². The van der Waals surface area contributed by atoms with Crippen LogP contribution in [-0.4, -0.2) is 72.3 Å². The van der Waals surface area contributed by atoms with Gasteiger partial charge in [0.05, 0.1) is 28.6 Å². The van der Waals surface area contributed by atoms with Gasteiger partial charge in [0, 0.05) is 43.5 Å². The SMILES string of the molecule is CC(C)N1CCOc2c(F)cc(-c3nc(Nc4nc5ccc(N6CCN(C)CC6)cc5s4)ncc3F)cc21. The number of rotatable bonds is 5. The first kappa shape index (κ1) is 24.7. The third-order valence-corrected chi connectivity index (χ3v) is 7.95. The standard InChI is InChI=1S/C27H29F2N7OS/c1-16(2)36-10-11-37-25-19(28)12-17(13-22(25)36)24-20(29)15-30-26(32-24)33-27-31-21-5-4-18(14-23(21)38-27)35-8-6-34(3)7-9-35/h4-5,12-16H,6-11H2,1-3H3,(H,30,31,32,33). The van der Waals surface area contributed by atoms with Crippen molar-refractivity contribution in [3.8, 4) is 17.0 Å². The zero-order chi connectivity index (χ0) is 26.4. The van der Waals surface area contributed by atoms with Crippen molar-refractivity contribution in [3.63, 3.8) is 0 Å². The molecule has 1 N–H and O–H groups in total. The van der Waals surface area contributed by atoms with Crippen LogP contribution < -0.4 is 19.9 Å². The van der Waals surface area contributed by atoms with Gasteiger partial charge in [-0.05, 0) is 51.2 Å². The third-order valence-electron chi connectivity index (χ3n) is 7.01. The summed E-state index contributed by atoms with van der Waals surface area (Å²) in [5.74, 6) is -0.802. The summed E-state index contributed by atoms with van der Waals surface area (Å²) in [6.07, 6.45) is 1.09. The van der Waals surface area contributed by atoms with Crippen molar-refractivity contribution >= 4 is 44.0 Å². The van der Waals surface area contributed by atoms with Gasteiger partial charge in [0.15, 0.2) is 22.5 Å². The van der Waals surface area contributed by atoms with Crippen molar-refractivity contribution in [1.82, 2.24) is 19.9 Å². The largest absolute Gasteiger partial charge is 0.486 e. The van der Waals surface area contributed by atoms with Crippen LogP contribution in [0.5, 0.6) is 5.75 Å². The third kappa shape index (κ3) is 4.71. The Morgan fingerprint density at radius 1 is 1.00 bits per heavy atom. The van der Waals surface area contributed by atoms with Crippen LogP contribution in [0, 0.1) is 11.6 Å². The molecule has 4 heterocycles. The van der Waals surface area contributed by atoms with Crippen LogP contribution in [-0.2, 0) is 0 Å². The molecule has 198 valence electrons. The van der Waals surface area contributed by atoms with Crippen LogP contribution >= 0.6 is 11.3 Å². The Bertz CT molecular complexity index is 1490. The van der Waals surface area contributed by atoms with Gasteiger partial charge < -0.3 is 19.4 Å². The van der Waals surface area contributed by atoms with Crippen LogP contribution in [0.2, 0.25) is 0 Å². The summed E-state index contributed by atoms with van der Waals surface area (Å²) < 4.78 is 36.5. The molecule has 6 rings (SSSR count). The van der Waals surface area contributed by atoms with Crippen LogP contribution in [0.25, 0.3) is 21.5 Å². The van der Waals surface area contributed by atoms with Gasteiger partial charge in [-0.3, -0.25) is 5.32 Å². The minimum absolute atomic E-state index is 0.0111. The highest BCUT2D eigenvalue weighted by Crippen LogP contribution is 2.39. The smallest absolute Gasteiger partial charge is 0.229 e. The van der Waals surface area contributed by atoms with Gasteiger partial charge in [0.2, 0.25) is 5.95 Å². The van der Waals surface area contributed by atoms with Gasteiger partial charge in [0.25, 0.3) is 0 Å². The molecule has 0 spiro atoms. The molecule has 2 aliphatic rings. The molecule has 38 heavy (non-hydrogen) atoms. The molecule has 0 radical (unpaired) electrons. The Hall–Kier alpha value is -3.57. The van der Waals surface area contributed by atoms with Crippen LogP contribution in [0.1, 0.15) is 13.8 Å². The molecule has 8 nitrogen and oxygen atoms in total. The lowest BCUT2D eigenvalue weighted by atomic mass is 10.1. The molecule has 0 saturated carbocycles. The summed E-state index contributed by atoms with van der Waals surface area (Å²) in [4.78, 5) is 19.9. The van der Waals surface area contributed by atoms with Crippen molar-refractivity contribution in [3.05, 3.63) is 48.2 Å². The number of hydrogen-bond donors (Lipinski definition) is 1. The molecular formula is C27H29F2N7OS. The number of aromatic nitrogens is 3. The number of halogens is 2. The summed E-state index contributed by atoms with van der Waals surface area (Å²) in [6, 6.07) is 9.38. The number of likely N-dealkylation sites (N-methyl/N-ethyl adjacent to an activating group) is 1. The highest BCUT2D eigenvalue weighted by molar-refractivity contribution is 7.22. The van der Waals surface area contributed by atoms with E-state index >= 15 is 0 Å². The molecule has 11 heteroatoms. The van der Waals surface area contributed by atoms with Crippen LogP contribution in [0.4, 0.5) is 31.2 Å². The first-order valence-corrected chi connectivity index (χ1v) is 13.5. The van der Waals surface area contributed by atoms with E-state index in [0.29, 0.717) is 29.5 Å². The maximum absolute atomic E-state index is 15.0. The van der Waals surface area contributed by atoms with Gasteiger partial charge in [-0.2, -0.15) is 0 Å². The first-order valence-electron chi connectivity index (χ1n) is 12.7. The monoisotopic (exact) mass is 537 g/mol. The van der Waals surface area contributed by atoms with E-state index in [9.17, 15) is 8.78 Å². The summed E-state index contributed by atoms with van der Waals surface area (Å²) in [5, 5.41) is 3.71. The molecule has 0 amide bonds. The van der Waals surface area contributed by atoms with Gasteiger partial charge >= 0.3 is 0 Å². The average Bonchev–Trinajstić information content (AvgIpc) is 3.31.